The van der Waals surface area contributed by atoms with Crippen molar-refractivity contribution < 1.29 is 9.59 Å². The predicted octanol–water partition coefficient (Wildman–Crippen LogP) is 4.70. The lowest BCUT2D eigenvalue weighted by molar-refractivity contribution is 0.0932. The van der Waals surface area contributed by atoms with Crippen LogP contribution in [-0.2, 0) is 0 Å². The van der Waals surface area contributed by atoms with E-state index in [2.05, 4.69) is 10.6 Å². The maximum Gasteiger partial charge on any atom is 0.255 e. The van der Waals surface area contributed by atoms with Crippen molar-refractivity contribution in [1.29, 1.82) is 0 Å². The van der Waals surface area contributed by atoms with Crippen molar-refractivity contribution in [2.24, 2.45) is 0 Å². The number of benzene rings is 2. The van der Waals surface area contributed by atoms with Crippen molar-refractivity contribution in [3.05, 3.63) is 65.2 Å². The van der Waals surface area contributed by atoms with Gasteiger partial charge in [0.25, 0.3) is 11.8 Å². The van der Waals surface area contributed by atoms with Crippen LogP contribution in [0, 0.1) is 6.92 Å². The number of rotatable bonds is 4. The average Bonchev–Trinajstić information content (AvgIpc) is 2.92. The first kappa shape index (κ1) is 18.2. The minimum atomic E-state index is -0.171. The lowest BCUT2D eigenvalue weighted by Gasteiger charge is -2.17. The van der Waals surface area contributed by atoms with Gasteiger partial charge in [0.15, 0.2) is 0 Å². The van der Waals surface area contributed by atoms with Crippen LogP contribution in [0.3, 0.4) is 0 Å². The summed E-state index contributed by atoms with van der Waals surface area (Å²) in [6, 6.07) is 14.8. The first-order chi connectivity index (χ1) is 12.6. The van der Waals surface area contributed by atoms with Gasteiger partial charge < -0.3 is 10.6 Å². The van der Waals surface area contributed by atoms with Gasteiger partial charge in [0.05, 0.1) is 0 Å². The van der Waals surface area contributed by atoms with Gasteiger partial charge in [0, 0.05) is 22.9 Å². The highest BCUT2D eigenvalue weighted by atomic mass is 16.2. The van der Waals surface area contributed by atoms with Crippen LogP contribution in [0.15, 0.2) is 48.5 Å². The van der Waals surface area contributed by atoms with E-state index in [9.17, 15) is 9.59 Å². The summed E-state index contributed by atoms with van der Waals surface area (Å²) in [5, 5.41) is 6.07. The fourth-order valence-corrected chi connectivity index (χ4v) is 3.37. The summed E-state index contributed by atoms with van der Waals surface area (Å²) in [7, 11) is 0. The van der Waals surface area contributed by atoms with Crippen molar-refractivity contribution in [2.45, 2.75) is 51.5 Å². The highest BCUT2D eigenvalue weighted by Crippen LogP contribution is 2.20. The quantitative estimate of drug-likeness (QED) is 0.785. The summed E-state index contributed by atoms with van der Waals surface area (Å²) < 4.78 is 0. The zero-order chi connectivity index (χ0) is 18.4. The first-order valence-electron chi connectivity index (χ1n) is 9.41. The van der Waals surface area contributed by atoms with Gasteiger partial charge in [-0.15, -0.1) is 0 Å². The van der Waals surface area contributed by atoms with E-state index >= 15 is 0 Å². The second-order valence-corrected chi connectivity index (χ2v) is 7.01. The molecule has 136 valence electrons. The molecule has 4 heteroatoms. The Balaban J connectivity index is 1.70. The van der Waals surface area contributed by atoms with Gasteiger partial charge in [0.2, 0.25) is 0 Å². The molecule has 0 aliphatic heterocycles. The molecule has 0 bridgehead atoms. The molecule has 1 saturated carbocycles. The molecule has 0 heterocycles. The molecule has 26 heavy (non-hydrogen) atoms. The summed E-state index contributed by atoms with van der Waals surface area (Å²) in [6.07, 6.45) is 6.97. The van der Waals surface area contributed by atoms with Crippen molar-refractivity contribution in [1.82, 2.24) is 5.32 Å². The van der Waals surface area contributed by atoms with Gasteiger partial charge in [-0.3, -0.25) is 9.59 Å². The largest absolute Gasteiger partial charge is 0.349 e. The van der Waals surface area contributed by atoms with E-state index < -0.39 is 0 Å². The Hall–Kier alpha value is -2.62. The molecule has 0 aromatic heterocycles. The zero-order valence-electron chi connectivity index (χ0n) is 15.3. The lowest BCUT2D eigenvalue weighted by atomic mass is 10.1. The molecule has 1 fully saturated rings. The van der Waals surface area contributed by atoms with Crippen LogP contribution in [-0.4, -0.2) is 17.9 Å². The van der Waals surface area contributed by atoms with Crippen LogP contribution in [0.1, 0.15) is 64.8 Å². The highest BCUT2D eigenvalue weighted by molar-refractivity contribution is 6.05. The first-order valence-corrected chi connectivity index (χ1v) is 9.41. The maximum absolute atomic E-state index is 12.6. The van der Waals surface area contributed by atoms with E-state index in [1.807, 2.05) is 37.3 Å². The lowest BCUT2D eigenvalue weighted by Crippen LogP contribution is -2.34. The number of anilines is 1. The number of hydrogen-bond acceptors (Lipinski definition) is 2. The Labute approximate surface area is 155 Å². The molecule has 2 aromatic rings. The third-order valence-corrected chi connectivity index (χ3v) is 4.97. The van der Waals surface area contributed by atoms with Gasteiger partial charge in [-0.25, -0.2) is 0 Å². The van der Waals surface area contributed by atoms with Gasteiger partial charge in [-0.2, -0.15) is 0 Å². The molecule has 3 rings (SSSR count). The average molecular weight is 350 g/mol. The molecule has 1 aliphatic rings. The summed E-state index contributed by atoms with van der Waals surface area (Å²) >= 11 is 0. The minimum absolute atomic E-state index is 0.0629. The number of hydrogen-bond donors (Lipinski definition) is 2. The molecule has 2 aromatic carbocycles. The smallest absolute Gasteiger partial charge is 0.255 e. The van der Waals surface area contributed by atoms with Crippen molar-refractivity contribution in [3.63, 3.8) is 0 Å². The zero-order valence-corrected chi connectivity index (χ0v) is 15.3. The molecule has 0 saturated heterocycles. The number of aryl methyl sites for hydroxylation is 1. The van der Waals surface area contributed by atoms with E-state index in [-0.39, 0.29) is 17.9 Å². The van der Waals surface area contributed by atoms with Crippen LogP contribution in [0.5, 0.6) is 0 Å². The van der Waals surface area contributed by atoms with E-state index in [4.69, 9.17) is 0 Å². The summed E-state index contributed by atoms with van der Waals surface area (Å²) in [6.45, 7) is 1.92. The molecule has 0 radical (unpaired) electrons. The fraction of sp³-hybridized carbons (Fsp3) is 0.364. The predicted molar refractivity (Wildman–Crippen MR) is 105 cm³/mol. The minimum Gasteiger partial charge on any atom is -0.349 e. The SMILES string of the molecule is Cc1ccc(C(=O)NC2CCCCCC2)cc1NC(=O)c1ccccc1. The van der Waals surface area contributed by atoms with Crippen molar-refractivity contribution >= 4 is 17.5 Å². The summed E-state index contributed by atoms with van der Waals surface area (Å²) in [4.78, 5) is 25.0. The van der Waals surface area contributed by atoms with Crippen LogP contribution in [0.4, 0.5) is 5.69 Å². The molecular weight excluding hydrogens is 324 g/mol. The fourth-order valence-electron chi connectivity index (χ4n) is 3.37. The molecule has 0 spiro atoms. The highest BCUT2D eigenvalue weighted by Gasteiger charge is 2.17. The topological polar surface area (TPSA) is 58.2 Å². The molecule has 0 unspecified atom stereocenters. The molecule has 2 N–H and O–H groups in total. The second kappa shape index (κ2) is 8.65. The molecule has 1 aliphatic carbocycles. The van der Waals surface area contributed by atoms with Gasteiger partial charge >= 0.3 is 0 Å². The number of amides is 2. The Morgan fingerprint density at radius 3 is 2.23 bits per heavy atom. The molecule has 2 amide bonds. The molecule has 4 nitrogen and oxygen atoms in total. The number of carbonyl (C=O) groups is 2. The van der Waals surface area contributed by atoms with E-state index in [1.54, 1.807) is 18.2 Å². The van der Waals surface area contributed by atoms with E-state index in [0.717, 1.165) is 18.4 Å². The van der Waals surface area contributed by atoms with Crippen LogP contribution in [0.2, 0.25) is 0 Å². The monoisotopic (exact) mass is 350 g/mol. The van der Waals surface area contributed by atoms with E-state index in [0.29, 0.717) is 16.8 Å². The summed E-state index contributed by atoms with van der Waals surface area (Å²) in [5.74, 6) is -0.234. The van der Waals surface area contributed by atoms with Gasteiger partial charge in [-0.05, 0) is 49.6 Å². The van der Waals surface area contributed by atoms with E-state index in [1.165, 1.54) is 25.7 Å². The standard InChI is InChI=1S/C22H26N2O2/c1-16-13-14-18(22(26)23-19-11-7-2-3-8-12-19)15-20(16)24-21(25)17-9-5-4-6-10-17/h4-6,9-10,13-15,19H,2-3,7-8,11-12H2,1H3,(H,23,26)(H,24,25). The van der Waals surface area contributed by atoms with Crippen molar-refractivity contribution in [3.8, 4) is 0 Å². The number of nitrogens with one attached hydrogen (secondary N) is 2. The maximum atomic E-state index is 12.6. The third kappa shape index (κ3) is 4.72. The Morgan fingerprint density at radius 1 is 0.846 bits per heavy atom. The molecule has 0 atom stereocenters. The normalized spacial score (nSPS) is 15.1. The molecular formula is C22H26N2O2. The number of carbonyl (C=O) groups excluding carboxylic acids is 2. The van der Waals surface area contributed by atoms with Gasteiger partial charge in [0.1, 0.15) is 0 Å². The van der Waals surface area contributed by atoms with Crippen LogP contribution >= 0.6 is 0 Å². The van der Waals surface area contributed by atoms with Gasteiger partial charge in [-0.1, -0.05) is 49.9 Å². The Morgan fingerprint density at radius 2 is 1.54 bits per heavy atom. The third-order valence-electron chi connectivity index (χ3n) is 4.97. The Kier molecular flexibility index (Phi) is 6.05. The Bertz CT molecular complexity index is 763. The van der Waals surface area contributed by atoms with Crippen LogP contribution in [0.25, 0.3) is 0 Å². The summed E-state index contributed by atoms with van der Waals surface area (Å²) in [5.41, 5.74) is 2.79. The second-order valence-electron chi connectivity index (χ2n) is 7.01. The van der Waals surface area contributed by atoms with Crippen LogP contribution < -0.4 is 10.6 Å². The van der Waals surface area contributed by atoms with Crippen molar-refractivity contribution in [2.75, 3.05) is 5.32 Å².